The van der Waals surface area contributed by atoms with E-state index in [9.17, 15) is 9.90 Å². The van der Waals surface area contributed by atoms with Crippen molar-refractivity contribution >= 4 is 5.91 Å². The number of benzene rings is 1. The van der Waals surface area contributed by atoms with Gasteiger partial charge in [-0.3, -0.25) is 4.79 Å². The Hall–Kier alpha value is -1.59. The van der Waals surface area contributed by atoms with Crippen LogP contribution in [0, 0.1) is 6.92 Å². The molecule has 1 unspecified atom stereocenters. The number of likely N-dealkylation sites (tertiary alicyclic amines) is 1. The summed E-state index contributed by atoms with van der Waals surface area (Å²) in [6, 6.07) is 7.69. The molecule has 1 aromatic rings. The summed E-state index contributed by atoms with van der Waals surface area (Å²) in [5.41, 5.74) is 0.0489. The number of para-hydroxylation sites is 1. The van der Waals surface area contributed by atoms with Gasteiger partial charge in [0.2, 0.25) is 5.91 Å². The Morgan fingerprint density at radius 3 is 2.90 bits per heavy atom. The lowest BCUT2D eigenvalue weighted by molar-refractivity contribution is -0.136. The van der Waals surface area contributed by atoms with E-state index in [1.165, 1.54) is 0 Å². The minimum absolute atomic E-state index is 0.0746. The summed E-state index contributed by atoms with van der Waals surface area (Å²) >= 11 is 0. The quantitative estimate of drug-likeness (QED) is 0.860. The van der Waals surface area contributed by atoms with E-state index in [0.29, 0.717) is 26.1 Å². The van der Waals surface area contributed by atoms with Crippen LogP contribution in [0.25, 0.3) is 0 Å². The smallest absolute Gasteiger partial charge is 0.248 e. The van der Waals surface area contributed by atoms with Crippen molar-refractivity contribution in [2.45, 2.75) is 25.9 Å². The van der Waals surface area contributed by atoms with Gasteiger partial charge in [-0.05, 0) is 31.9 Å². The van der Waals surface area contributed by atoms with Crippen molar-refractivity contribution in [2.24, 2.45) is 0 Å². The Morgan fingerprint density at radius 2 is 2.19 bits per heavy atom. The molecule has 1 heterocycles. The number of ether oxygens (including phenoxy) is 2. The lowest BCUT2D eigenvalue weighted by atomic mass is 10.1. The highest BCUT2D eigenvalue weighted by molar-refractivity contribution is 5.77. The van der Waals surface area contributed by atoms with Crippen LogP contribution >= 0.6 is 0 Å². The zero-order valence-corrected chi connectivity index (χ0v) is 12.7. The Bertz CT molecular complexity index is 491. The summed E-state index contributed by atoms with van der Waals surface area (Å²) in [6.45, 7) is 5.43. The number of carbonyl (C=O) groups is 1. The van der Waals surface area contributed by atoms with E-state index < -0.39 is 5.60 Å². The van der Waals surface area contributed by atoms with Crippen molar-refractivity contribution < 1.29 is 19.4 Å². The Balaban J connectivity index is 1.87. The SMILES string of the molecule is CCOCC(=O)N1CCC(O)(COc2ccccc2C)C1. The molecule has 5 heteroatoms. The van der Waals surface area contributed by atoms with E-state index in [0.717, 1.165) is 11.3 Å². The number of carbonyl (C=O) groups excluding carboxylic acids is 1. The van der Waals surface area contributed by atoms with E-state index in [1.807, 2.05) is 38.1 Å². The Morgan fingerprint density at radius 1 is 1.43 bits per heavy atom. The number of aliphatic hydroxyl groups is 1. The minimum Gasteiger partial charge on any atom is -0.490 e. The molecular formula is C16H23NO4. The van der Waals surface area contributed by atoms with Crippen molar-refractivity contribution in [1.82, 2.24) is 4.90 Å². The minimum atomic E-state index is -0.982. The molecular weight excluding hydrogens is 270 g/mol. The number of aryl methyl sites for hydroxylation is 1. The van der Waals surface area contributed by atoms with Gasteiger partial charge in [0.25, 0.3) is 0 Å². The summed E-state index contributed by atoms with van der Waals surface area (Å²) in [4.78, 5) is 13.5. The van der Waals surface area contributed by atoms with Crippen molar-refractivity contribution in [3.63, 3.8) is 0 Å². The summed E-state index contributed by atoms with van der Waals surface area (Å²) in [6.07, 6.45) is 0.525. The van der Waals surface area contributed by atoms with Crippen LogP contribution in [0.4, 0.5) is 0 Å². The zero-order chi connectivity index (χ0) is 15.3. The molecule has 1 amide bonds. The first-order chi connectivity index (χ1) is 10.0. The molecule has 0 aliphatic carbocycles. The van der Waals surface area contributed by atoms with E-state index in [1.54, 1.807) is 4.90 Å². The van der Waals surface area contributed by atoms with E-state index >= 15 is 0 Å². The van der Waals surface area contributed by atoms with Gasteiger partial charge in [0.15, 0.2) is 0 Å². The average molecular weight is 293 g/mol. The third kappa shape index (κ3) is 4.19. The monoisotopic (exact) mass is 293 g/mol. The van der Waals surface area contributed by atoms with Gasteiger partial charge < -0.3 is 19.5 Å². The molecule has 1 aliphatic heterocycles. The standard InChI is InChI=1S/C16H23NO4/c1-3-20-10-15(18)17-9-8-16(19,11-17)12-21-14-7-5-4-6-13(14)2/h4-7,19H,3,8-12H2,1-2H3. The first kappa shape index (κ1) is 15.8. The molecule has 1 N–H and O–H groups in total. The molecule has 0 saturated carbocycles. The van der Waals surface area contributed by atoms with Gasteiger partial charge in [-0.25, -0.2) is 0 Å². The van der Waals surface area contributed by atoms with Crippen molar-refractivity contribution in [2.75, 3.05) is 32.9 Å². The number of β-amino-alcohol motifs (C(OH)–C–C–N with tert-alkyl or cyclic N) is 1. The second-order valence-corrected chi connectivity index (χ2v) is 5.48. The number of rotatable bonds is 6. The predicted molar refractivity (Wildman–Crippen MR) is 79.3 cm³/mol. The first-order valence-electron chi connectivity index (χ1n) is 7.30. The number of nitrogens with zero attached hydrogens (tertiary/aromatic N) is 1. The fourth-order valence-corrected chi connectivity index (χ4v) is 2.40. The van der Waals surface area contributed by atoms with Crippen molar-refractivity contribution in [3.05, 3.63) is 29.8 Å². The van der Waals surface area contributed by atoms with Gasteiger partial charge in [-0.2, -0.15) is 0 Å². The van der Waals surface area contributed by atoms with Crippen LogP contribution in [0.5, 0.6) is 5.75 Å². The highest BCUT2D eigenvalue weighted by atomic mass is 16.5. The van der Waals surface area contributed by atoms with Gasteiger partial charge in [0, 0.05) is 13.2 Å². The summed E-state index contributed by atoms with van der Waals surface area (Å²) in [5.74, 6) is 0.689. The van der Waals surface area contributed by atoms with Gasteiger partial charge in [0.05, 0.1) is 6.54 Å². The zero-order valence-electron chi connectivity index (χ0n) is 12.7. The summed E-state index contributed by atoms with van der Waals surface area (Å²) < 4.78 is 10.8. The molecule has 0 radical (unpaired) electrons. The van der Waals surface area contributed by atoms with Crippen LogP contribution in [0.15, 0.2) is 24.3 Å². The highest BCUT2D eigenvalue weighted by Gasteiger charge is 2.38. The fraction of sp³-hybridized carbons (Fsp3) is 0.562. The number of hydrogen-bond acceptors (Lipinski definition) is 4. The highest BCUT2D eigenvalue weighted by Crippen LogP contribution is 2.24. The second-order valence-electron chi connectivity index (χ2n) is 5.48. The molecule has 21 heavy (non-hydrogen) atoms. The molecule has 0 bridgehead atoms. The van der Waals surface area contributed by atoms with E-state index in [4.69, 9.17) is 9.47 Å². The normalized spacial score (nSPS) is 21.6. The summed E-state index contributed by atoms with van der Waals surface area (Å²) in [7, 11) is 0. The van der Waals surface area contributed by atoms with Gasteiger partial charge in [-0.15, -0.1) is 0 Å². The van der Waals surface area contributed by atoms with Crippen LogP contribution in [0.2, 0.25) is 0 Å². The van der Waals surface area contributed by atoms with Crippen LogP contribution in [-0.2, 0) is 9.53 Å². The predicted octanol–water partition coefficient (Wildman–Crippen LogP) is 1.37. The lowest BCUT2D eigenvalue weighted by Crippen LogP contribution is -2.41. The molecule has 0 spiro atoms. The molecule has 1 saturated heterocycles. The van der Waals surface area contributed by atoms with Crippen LogP contribution < -0.4 is 4.74 Å². The Labute approximate surface area is 125 Å². The summed E-state index contributed by atoms with van der Waals surface area (Å²) in [5, 5.41) is 10.5. The fourth-order valence-electron chi connectivity index (χ4n) is 2.40. The van der Waals surface area contributed by atoms with Crippen LogP contribution in [0.3, 0.4) is 0 Å². The molecule has 2 rings (SSSR count). The van der Waals surface area contributed by atoms with Crippen LogP contribution in [0.1, 0.15) is 18.9 Å². The van der Waals surface area contributed by atoms with Crippen molar-refractivity contribution in [1.29, 1.82) is 0 Å². The van der Waals surface area contributed by atoms with Gasteiger partial charge in [0.1, 0.15) is 24.6 Å². The van der Waals surface area contributed by atoms with Crippen molar-refractivity contribution in [3.8, 4) is 5.75 Å². The van der Waals surface area contributed by atoms with Gasteiger partial charge in [-0.1, -0.05) is 18.2 Å². The second kappa shape index (κ2) is 6.91. The Kier molecular flexibility index (Phi) is 5.20. The molecule has 116 valence electrons. The molecule has 1 aliphatic rings. The average Bonchev–Trinajstić information content (AvgIpc) is 2.87. The molecule has 1 atom stereocenters. The number of hydrogen-bond donors (Lipinski definition) is 1. The maximum atomic E-state index is 11.9. The molecule has 1 fully saturated rings. The van der Waals surface area contributed by atoms with E-state index in [2.05, 4.69) is 0 Å². The molecule has 0 aromatic heterocycles. The molecule has 1 aromatic carbocycles. The third-order valence-corrected chi connectivity index (χ3v) is 3.70. The topological polar surface area (TPSA) is 59.0 Å². The lowest BCUT2D eigenvalue weighted by Gasteiger charge is -2.24. The molecule has 5 nitrogen and oxygen atoms in total. The first-order valence-corrected chi connectivity index (χ1v) is 7.30. The maximum absolute atomic E-state index is 11.9. The van der Waals surface area contributed by atoms with Gasteiger partial charge >= 0.3 is 0 Å². The third-order valence-electron chi connectivity index (χ3n) is 3.70. The van der Waals surface area contributed by atoms with E-state index in [-0.39, 0.29) is 19.1 Å². The largest absolute Gasteiger partial charge is 0.490 e. The number of amides is 1. The van der Waals surface area contributed by atoms with Crippen LogP contribution in [-0.4, -0.2) is 54.4 Å². The maximum Gasteiger partial charge on any atom is 0.248 e.